The maximum Gasteiger partial charge on any atom is 0.105 e. The van der Waals surface area contributed by atoms with Crippen LogP contribution in [0.1, 0.15) is 12.8 Å². The second kappa shape index (κ2) is 4.19. The molecule has 3 heteroatoms. The molecule has 1 rings (SSSR count). The molecule has 1 saturated heterocycles. The minimum atomic E-state index is -0.639. The molecule has 0 saturated carbocycles. The summed E-state index contributed by atoms with van der Waals surface area (Å²) in [6, 6.07) is 0. The van der Waals surface area contributed by atoms with E-state index in [-0.39, 0.29) is 0 Å². The van der Waals surface area contributed by atoms with Crippen molar-refractivity contribution in [2.45, 2.75) is 19.0 Å². The van der Waals surface area contributed by atoms with Crippen molar-refractivity contribution >= 4 is 11.8 Å². The van der Waals surface area contributed by atoms with E-state index in [2.05, 4.69) is 0 Å². The van der Waals surface area contributed by atoms with Crippen molar-refractivity contribution < 1.29 is 4.39 Å². The number of hydrogen-bond donors (Lipinski definition) is 1. The summed E-state index contributed by atoms with van der Waals surface area (Å²) in [5, 5.41) is 0. The fourth-order valence-electron chi connectivity index (χ4n) is 1.23. The van der Waals surface area contributed by atoms with Crippen molar-refractivity contribution in [3.63, 3.8) is 0 Å². The van der Waals surface area contributed by atoms with Gasteiger partial charge in [0.15, 0.2) is 0 Å². The molecular weight excluding hydrogens is 149 g/mol. The lowest BCUT2D eigenvalue weighted by molar-refractivity contribution is 0.234. The average molecular weight is 163 g/mol. The molecule has 0 bridgehead atoms. The van der Waals surface area contributed by atoms with Crippen LogP contribution in [0.15, 0.2) is 0 Å². The average Bonchev–Trinajstić information content (AvgIpc) is 2.38. The van der Waals surface area contributed by atoms with Gasteiger partial charge >= 0.3 is 0 Å². The van der Waals surface area contributed by atoms with E-state index in [1.807, 2.05) is 11.8 Å². The molecule has 0 aromatic rings. The highest BCUT2D eigenvalue weighted by Gasteiger charge is 2.23. The number of thioether (sulfide) groups is 1. The van der Waals surface area contributed by atoms with Crippen molar-refractivity contribution in [1.82, 2.24) is 0 Å². The molecule has 2 N–H and O–H groups in total. The fraction of sp³-hybridized carbons (Fsp3) is 1.00. The Morgan fingerprint density at radius 3 is 3.00 bits per heavy atom. The third-order valence-electron chi connectivity index (χ3n) is 1.92. The monoisotopic (exact) mass is 163 g/mol. The molecular formula is C7H14FNS. The minimum Gasteiger partial charge on any atom is -0.330 e. The summed E-state index contributed by atoms with van der Waals surface area (Å²) in [6.07, 6.45) is 0.955. The van der Waals surface area contributed by atoms with Crippen LogP contribution in [0.5, 0.6) is 0 Å². The standard InChI is InChI=1S/C7H14FNS/c8-7(1-3-9)6-2-4-10-5-6/h6-7H,1-5,9H2. The van der Waals surface area contributed by atoms with E-state index in [0.29, 0.717) is 18.9 Å². The van der Waals surface area contributed by atoms with Crippen LogP contribution in [0, 0.1) is 5.92 Å². The Hall–Kier alpha value is 0.240. The van der Waals surface area contributed by atoms with E-state index >= 15 is 0 Å². The summed E-state index contributed by atoms with van der Waals surface area (Å²) in [7, 11) is 0. The highest BCUT2D eigenvalue weighted by molar-refractivity contribution is 7.99. The molecule has 0 aromatic carbocycles. The van der Waals surface area contributed by atoms with Crippen LogP contribution in [-0.2, 0) is 0 Å². The highest BCUT2D eigenvalue weighted by atomic mass is 32.2. The summed E-state index contributed by atoms with van der Waals surface area (Å²) in [5.41, 5.74) is 5.25. The fourth-order valence-corrected chi connectivity index (χ4v) is 2.55. The molecule has 0 aromatic heterocycles. The summed E-state index contributed by atoms with van der Waals surface area (Å²) < 4.78 is 13.0. The smallest absolute Gasteiger partial charge is 0.105 e. The van der Waals surface area contributed by atoms with Gasteiger partial charge in [0, 0.05) is 0 Å². The number of hydrogen-bond acceptors (Lipinski definition) is 2. The van der Waals surface area contributed by atoms with Crippen LogP contribution >= 0.6 is 11.8 Å². The van der Waals surface area contributed by atoms with Gasteiger partial charge in [-0.1, -0.05) is 0 Å². The van der Waals surface area contributed by atoms with Gasteiger partial charge in [0.05, 0.1) is 0 Å². The summed E-state index contributed by atoms with van der Waals surface area (Å²) in [5.74, 6) is 2.44. The topological polar surface area (TPSA) is 26.0 Å². The second-order valence-corrected chi connectivity index (χ2v) is 3.87. The van der Waals surface area contributed by atoms with Gasteiger partial charge in [-0.15, -0.1) is 0 Å². The summed E-state index contributed by atoms with van der Waals surface area (Å²) >= 11 is 1.86. The van der Waals surface area contributed by atoms with Gasteiger partial charge in [-0.2, -0.15) is 11.8 Å². The molecule has 1 aliphatic rings. The molecule has 0 radical (unpaired) electrons. The van der Waals surface area contributed by atoms with E-state index in [0.717, 1.165) is 17.9 Å². The maximum absolute atomic E-state index is 13.0. The SMILES string of the molecule is NCCC(F)C1CCSC1. The zero-order chi connectivity index (χ0) is 7.40. The lowest BCUT2D eigenvalue weighted by Gasteiger charge is -2.12. The third-order valence-corrected chi connectivity index (χ3v) is 3.11. The Morgan fingerprint density at radius 2 is 2.50 bits per heavy atom. The first kappa shape index (κ1) is 8.34. The maximum atomic E-state index is 13.0. The largest absolute Gasteiger partial charge is 0.330 e. The van der Waals surface area contributed by atoms with Crippen molar-refractivity contribution in [3.05, 3.63) is 0 Å². The van der Waals surface area contributed by atoms with Crippen LogP contribution in [0.4, 0.5) is 4.39 Å². The van der Waals surface area contributed by atoms with Crippen LogP contribution in [0.25, 0.3) is 0 Å². The van der Waals surface area contributed by atoms with E-state index in [4.69, 9.17) is 5.73 Å². The van der Waals surface area contributed by atoms with E-state index < -0.39 is 6.17 Å². The molecule has 0 amide bonds. The molecule has 1 heterocycles. The normalized spacial score (nSPS) is 28.8. The Morgan fingerprint density at radius 1 is 1.70 bits per heavy atom. The number of rotatable bonds is 3. The molecule has 60 valence electrons. The molecule has 1 nitrogen and oxygen atoms in total. The number of alkyl halides is 1. The Kier molecular flexibility index (Phi) is 3.49. The molecule has 2 atom stereocenters. The van der Waals surface area contributed by atoms with Crippen LogP contribution in [0.2, 0.25) is 0 Å². The first-order valence-corrected chi connectivity index (χ1v) is 4.92. The van der Waals surface area contributed by atoms with Crippen molar-refractivity contribution in [2.24, 2.45) is 11.7 Å². The predicted molar refractivity (Wildman–Crippen MR) is 44.0 cm³/mol. The Labute approximate surface area is 65.6 Å². The number of halogens is 1. The lowest BCUT2D eigenvalue weighted by atomic mass is 10.0. The molecule has 0 aliphatic carbocycles. The van der Waals surface area contributed by atoms with Crippen molar-refractivity contribution in [2.75, 3.05) is 18.1 Å². The molecule has 10 heavy (non-hydrogen) atoms. The predicted octanol–water partition coefficient (Wildman–Crippen LogP) is 1.43. The van der Waals surface area contributed by atoms with Crippen LogP contribution in [-0.4, -0.2) is 24.2 Å². The number of nitrogens with two attached hydrogens (primary N) is 1. The zero-order valence-corrected chi connectivity index (χ0v) is 6.87. The van der Waals surface area contributed by atoms with Gasteiger partial charge in [-0.05, 0) is 36.8 Å². The van der Waals surface area contributed by atoms with Crippen LogP contribution in [0.3, 0.4) is 0 Å². The molecule has 2 unspecified atom stereocenters. The summed E-state index contributed by atoms with van der Waals surface area (Å²) in [4.78, 5) is 0. The van der Waals surface area contributed by atoms with Gasteiger partial charge in [-0.25, -0.2) is 4.39 Å². The van der Waals surface area contributed by atoms with E-state index in [9.17, 15) is 4.39 Å². The first-order chi connectivity index (χ1) is 4.84. The van der Waals surface area contributed by atoms with Gasteiger partial charge in [0.2, 0.25) is 0 Å². The van der Waals surface area contributed by atoms with Crippen molar-refractivity contribution in [3.8, 4) is 0 Å². The van der Waals surface area contributed by atoms with Crippen LogP contribution < -0.4 is 5.73 Å². The van der Waals surface area contributed by atoms with Crippen molar-refractivity contribution in [1.29, 1.82) is 0 Å². The minimum absolute atomic E-state index is 0.300. The second-order valence-electron chi connectivity index (χ2n) is 2.72. The highest BCUT2D eigenvalue weighted by Crippen LogP contribution is 2.28. The Balaban J connectivity index is 2.18. The molecule has 0 spiro atoms. The van der Waals surface area contributed by atoms with Gasteiger partial charge in [0.25, 0.3) is 0 Å². The first-order valence-electron chi connectivity index (χ1n) is 3.76. The zero-order valence-electron chi connectivity index (χ0n) is 6.05. The summed E-state index contributed by atoms with van der Waals surface area (Å²) in [6.45, 7) is 0.488. The van der Waals surface area contributed by atoms with E-state index in [1.165, 1.54) is 0 Å². The lowest BCUT2D eigenvalue weighted by Crippen LogP contribution is -2.19. The van der Waals surface area contributed by atoms with Gasteiger partial charge in [-0.3, -0.25) is 0 Å². The molecule has 1 aliphatic heterocycles. The Bertz CT molecular complexity index is 93.6. The van der Waals surface area contributed by atoms with Gasteiger partial charge < -0.3 is 5.73 Å². The van der Waals surface area contributed by atoms with Gasteiger partial charge in [0.1, 0.15) is 6.17 Å². The van der Waals surface area contributed by atoms with E-state index in [1.54, 1.807) is 0 Å². The molecule has 1 fully saturated rings. The third kappa shape index (κ3) is 2.13. The quantitative estimate of drug-likeness (QED) is 0.681.